The third kappa shape index (κ3) is 2.56. The van der Waals surface area contributed by atoms with E-state index in [1.807, 2.05) is 19.1 Å². The maximum atomic E-state index is 11.9. The lowest BCUT2D eigenvalue weighted by Gasteiger charge is -2.23. The Morgan fingerprint density at radius 2 is 1.75 bits per heavy atom. The average molecular weight is 307 g/mol. The summed E-state index contributed by atoms with van der Waals surface area (Å²) in [7, 11) is 1.15. The van der Waals surface area contributed by atoms with E-state index >= 15 is 0 Å². The van der Waals surface area contributed by atoms with Crippen molar-refractivity contribution in [2.45, 2.75) is 6.92 Å². The van der Waals surface area contributed by atoms with Crippen molar-refractivity contribution in [3.63, 3.8) is 0 Å². The van der Waals surface area contributed by atoms with Crippen LogP contribution in [0.2, 0.25) is 0 Å². The fourth-order valence-corrected chi connectivity index (χ4v) is 2.32. The van der Waals surface area contributed by atoms with Crippen molar-refractivity contribution in [2.75, 3.05) is 25.4 Å². The number of benzene rings is 1. The summed E-state index contributed by atoms with van der Waals surface area (Å²) in [4.78, 5) is 0. The Balaban J connectivity index is 3.16. The molecule has 0 unspecified atom stereocenters. The quantitative estimate of drug-likeness (QED) is 0.857. The highest BCUT2D eigenvalue weighted by Gasteiger charge is 2.20. The molecule has 0 saturated heterocycles. The van der Waals surface area contributed by atoms with Crippen LogP contribution in [0.1, 0.15) is 5.56 Å². The van der Waals surface area contributed by atoms with Crippen molar-refractivity contribution in [3.8, 4) is 0 Å². The molecule has 0 amide bonds. The fourth-order valence-electron chi connectivity index (χ4n) is 1.20. The molecule has 0 bridgehead atoms. The summed E-state index contributed by atoms with van der Waals surface area (Å²) in [6, 6.07) is 5.43. The van der Waals surface area contributed by atoms with Crippen molar-refractivity contribution in [3.05, 3.63) is 28.2 Å². The zero-order chi connectivity index (χ0) is 12.5. The van der Waals surface area contributed by atoms with Gasteiger partial charge in [0.1, 0.15) is 0 Å². The van der Waals surface area contributed by atoms with E-state index < -0.39 is 10.2 Å². The molecule has 1 rings (SSSR count). The van der Waals surface area contributed by atoms with E-state index in [0.29, 0.717) is 5.69 Å². The van der Waals surface area contributed by atoms with E-state index in [-0.39, 0.29) is 0 Å². The molecule has 0 aromatic heterocycles. The van der Waals surface area contributed by atoms with Gasteiger partial charge in [0, 0.05) is 25.6 Å². The number of aryl methyl sites for hydroxylation is 1. The Morgan fingerprint density at radius 1 is 1.19 bits per heavy atom. The summed E-state index contributed by atoms with van der Waals surface area (Å²) in [6.07, 6.45) is 0. The fraction of sp³-hybridized carbons (Fsp3) is 0.400. The SMILES string of the molecule is Cc1cc(N(C)S(=O)(=O)N(C)C)ccc1Br. The van der Waals surface area contributed by atoms with Crippen LogP contribution in [0.5, 0.6) is 0 Å². The Morgan fingerprint density at radius 3 is 2.19 bits per heavy atom. The summed E-state index contributed by atoms with van der Waals surface area (Å²) < 4.78 is 27.1. The molecule has 0 saturated carbocycles. The van der Waals surface area contributed by atoms with Gasteiger partial charge in [-0.2, -0.15) is 12.7 Å². The maximum absolute atomic E-state index is 11.9. The van der Waals surface area contributed by atoms with Gasteiger partial charge in [-0.15, -0.1) is 0 Å². The molecule has 0 fully saturated rings. The zero-order valence-electron chi connectivity index (χ0n) is 9.73. The van der Waals surface area contributed by atoms with Crippen LogP contribution in [-0.4, -0.2) is 33.9 Å². The van der Waals surface area contributed by atoms with Crippen LogP contribution in [0.15, 0.2) is 22.7 Å². The third-order valence-electron chi connectivity index (χ3n) is 2.31. The molecule has 0 radical (unpaired) electrons. The first-order valence-electron chi connectivity index (χ1n) is 4.69. The Labute approximate surface area is 105 Å². The van der Waals surface area contributed by atoms with Crippen LogP contribution < -0.4 is 4.31 Å². The molecule has 0 aliphatic heterocycles. The van der Waals surface area contributed by atoms with E-state index in [4.69, 9.17) is 0 Å². The third-order valence-corrected chi connectivity index (χ3v) is 5.03. The van der Waals surface area contributed by atoms with Gasteiger partial charge in [-0.05, 0) is 30.7 Å². The van der Waals surface area contributed by atoms with Crippen molar-refractivity contribution in [1.82, 2.24) is 4.31 Å². The second kappa shape index (κ2) is 4.73. The van der Waals surface area contributed by atoms with Gasteiger partial charge >= 0.3 is 10.2 Å². The minimum atomic E-state index is -3.41. The molecule has 0 aliphatic carbocycles. The summed E-state index contributed by atoms with van der Waals surface area (Å²) in [5, 5.41) is 0. The number of rotatable bonds is 3. The highest BCUT2D eigenvalue weighted by molar-refractivity contribution is 9.10. The topological polar surface area (TPSA) is 40.6 Å². The van der Waals surface area contributed by atoms with Gasteiger partial charge in [-0.3, -0.25) is 4.31 Å². The number of nitrogens with zero attached hydrogens (tertiary/aromatic N) is 2. The monoisotopic (exact) mass is 306 g/mol. The Hall–Kier alpha value is -0.590. The van der Waals surface area contributed by atoms with Crippen molar-refractivity contribution >= 4 is 31.8 Å². The molecule has 0 atom stereocenters. The second-order valence-corrected chi connectivity index (χ2v) is 6.72. The predicted octanol–water partition coefficient (Wildman–Crippen LogP) is 2.00. The molecular formula is C10H15BrN2O2S. The normalized spacial score (nSPS) is 11.9. The van der Waals surface area contributed by atoms with Crippen LogP contribution in [0.4, 0.5) is 5.69 Å². The smallest absolute Gasteiger partial charge is 0.261 e. The molecule has 0 spiro atoms. The van der Waals surface area contributed by atoms with Crippen LogP contribution >= 0.6 is 15.9 Å². The van der Waals surface area contributed by atoms with Crippen LogP contribution in [0.3, 0.4) is 0 Å². The van der Waals surface area contributed by atoms with Crippen LogP contribution in [0.25, 0.3) is 0 Å². The first kappa shape index (κ1) is 13.5. The molecular weight excluding hydrogens is 292 g/mol. The Kier molecular flexibility index (Phi) is 3.98. The number of anilines is 1. The number of hydrogen-bond acceptors (Lipinski definition) is 2. The predicted molar refractivity (Wildman–Crippen MR) is 69.9 cm³/mol. The van der Waals surface area contributed by atoms with E-state index in [1.54, 1.807) is 6.07 Å². The van der Waals surface area contributed by atoms with Crippen LogP contribution in [0, 0.1) is 6.92 Å². The van der Waals surface area contributed by atoms with Gasteiger partial charge in [0.05, 0.1) is 5.69 Å². The minimum Gasteiger partial charge on any atom is -0.261 e. The molecule has 1 aromatic carbocycles. The van der Waals surface area contributed by atoms with Crippen LogP contribution in [-0.2, 0) is 10.2 Å². The van der Waals surface area contributed by atoms with E-state index in [2.05, 4.69) is 15.9 Å². The summed E-state index contributed by atoms with van der Waals surface area (Å²) >= 11 is 3.38. The van der Waals surface area contributed by atoms with E-state index in [1.165, 1.54) is 29.8 Å². The highest BCUT2D eigenvalue weighted by Crippen LogP contribution is 2.24. The lowest BCUT2D eigenvalue weighted by Crippen LogP contribution is -2.37. The van der Waals surface area contributed by atoms with Gasteiger partial charge in [0.25, 0.3) is 0 Å². The summed E-state index contributed by atoms with van der Waals surface area (Å²) in [6.45, 7) is 1.92. The van der Waals surface area contributed by atoms with E-state index in [0.717, 1.165) is 10.0 Å². The molecule has 6 heteroatoms. The van der Waals surface area contributed by atoms with Gasteiger partial charge in [-0.1, -0.05) is 15.9 Å². The molecule has 16 heavy (non-hydrogen) atoms. The lowest BCUT2D eigenvalue weighted by atomic mass is 10.2. The maximum Gasteiger partial charge on any atom is 0.303 e. The molecule has 0 aliphatic rings. The van der Waals surface area contributed by atoms with Gasteiger partial charge in [-0.25, -0.2) is 0 Å². The molecule has 0 N–H and O–H groups in total. The highest BCUT2D eigenvalue weighted by atomic mass is 79.9. The standard InChI is InChI=1S/C10H15BrN2O2S/c1-8-7-9(5-6-10(8)11)13(4)16(14,15)12(2)3/h5-7H,1-4H3. The lowest BCUT2D eigenvalue weighted by molar-refractivity contribution is 0.519. The number of hydrogen-bond donors (Lipinski definition) is 0. The summed E-state index contributed by atoms with van der Waals surface area (Å²) in [5.74, 6) is 0. The molecule has 0 heterocycles. The number of halogens is 1. The Bertz CT molecular complexity index is 486. The van der Waals surface area contributed by atoms with Gasteiger partial charge in [0.15, 0.2) is 0 Å². The van der Waals surface area contributed by atoms with Crippen molar-refractivity contribution in [2.24, 2.45) is 0 Å². The largest absolute Gasteiger partial charge is 0.303 e. The molecule has 4 nitrogen and oxygen atoms in total. The first-order valence-corrected chi connectivity index (χ1v) is 6.88. The molecule has 1 aromatic rings. The van der Waals surface area contributed by atoms with Crippen molar-refractivity contribution < 1.29 is 8.42 Å². The average Bonchev–Trinajstić information content (AvgIpc) is 2.20. The van der Waals surface area contributed by atoms with E-state index in [9.17, 15) is 8.42 Å². The van der Waals surface area contributed by atoms with Crippen molar-refractivity contribution in [1.29, 1.82) is 0 Å². The summed E-state index contributed by atoms with van der Waals surface area (Å²) in [5.41, 5.74) is 1.65. The first-order chi connectivity index (χ1) is 7.26. The zero-order valence-corrected chi connectivity index (χ0v) is 12.1. The second-order valence-electron chi connectivity index (χ2n) is 3.69. The molecule has 90 valence electrons. The van der Waals surface area contributed by atoms with Gasteiger partial charge in [0.2, 0.25) is 0 Å². The minimum absolute atomic E-state index is 0.648. The van der Waals surface area contributed by atoms with Gasteiger partial charge < -0.3 is 0 Å².